The molecule has 17 heavy (non-hydrogen) atoms. The fourth-order valence-corrected chi connectivity index (χ4v) is 2.54. The molecule has 1 aliphatic rings. The molecule has 1 aromatic carbocycles. The number of anilines is 1. The van der Waals surface area contributed by atoms with E-state index in [1.807, 2.05) is 30.8 Å². The van der Waals surface area contributed by atoms with Gasteiger partial charge in [-0.2, -0.15) is 11.8 Å². The standard InChI is InChI=1S/C13H18N2OS/c1-9-3-4-10(11(14)7-9)12(16)15-8-13(17-2)5-6-13/h3-4,7H,5-6,8,14H2,1-2H3,(H,15,16). The largest absolute Gasteiger partial charge is 0.398 e. The number of rotatable bonds is 4. The first-order valence-corrected chi connectivity index (χ1v) is 6.98. The zero-order valence-electron chi connectivity index (χ0n) is 10.2. The molecular formula is C13H18N2OS. The Hall–Kier alpha value is -1.16. The van der Waals surface area contributed by atoms with Gasteiger partial charge in [0.05, 0.1) is 5.56 Å². The second-order valence-electron chi connectivity index (χ2n) is 4.66. The molecule has 2 rings (SSSR count). The Kier molecular flexibility index (Phi) is 3.33. The van der Waals surface area contributed by atoms with E-state index < -0.39 is 0 Å². The molecule has 1 aromatic rings. The van der Waals surface area contributed by atoms with Gasteiger partial charge >= 0.3 is 0 Å². The number of amides is 1. The zero-order chi connectivity index (χ0) is 12.5. The Morgan fingerprint density at radius 2 is 2.24 bits per heavy atom. The van der Waals surface area contributed by atoms with Gasteiger partial charge in [-0.15, -0.1) is 0 Å². The Bertz CT molecular complexity index is 441. The van der Waals surface area contributed by atoms with Crippen LogP contribution in [0, 0.1) is 6.92 Å². The minimum Gasteiger partial charge on any atom is -0.398 e. The van der Waals surface area contributed by atoms with Crippen molar-refractivity contribution >= 4 is 23.4 Å². The zero-order valence-corrected chi connectivity index (χ0v) is 11.1. The predicted octanol–water partition coefficient (Wildman–Crippen LogP) is 2.20. The van der Waals surface area contributed by atoms with Crippen LogP contribution in [0.5, 0.6) is 0 Å². The van der Waals surface area contributed by atoms with Crippen molar-refractivity contribution in [1.29, 1.82) is 0 Å². The van der Waals surface area contributed by atoms with Gasteiger partial charge in [-0.25, -0.2) is 0 Å². The summed E-state index contributed by atoms with van der Waals surface area (Å²) in [5, 5.41) is 2.97. The Morgan fingerprint density at radius 1 is 1.53 bits per heavy atom. The lowest BCUT2D eigenvalue weighted by molar-refractivity contribution is 0.0954. The maximum atomic E-state index is 12.0. The second kappa shape index (κ2) is 4.61. The van der Waals surface area contributed by atoms with Gasteiger partial charge in [0.2, 0.25) is 0 Å². The molecule has 1 fully saturated rings. The molecule has 0 unspecified atom stereocenters. The third-order valence-electron chi connectivity index (χ3n) is 3.26. The van der Waals surface area contributed by atoms with Gasteiger partial charge in [0.15, 0.2) is 0 Å². The van der Waals surface area contributed by atoms with Crippen molar-refractivity contribution in [3.05, 3.63) is 29.3 Å². The highest BCUT2D eigenvalue weighted by atomic mass is 32.2. The van der Waals surface area contributed by atoms with Crippen LogP contribution in [0.3, 0.4) is 0 Å². The van der Waals surface area contributed by atoms with E-state index in [9.17, 15) is 4.79 Å². The molecule has 0 radical (unpaired) electrons. The molecule has 1 aliphatic carbocycles. The van der Waals surface area contributed by atoms with Crippen LogP contribution in [0.2, 0.25) is 0 Å². The number of thioether (sulfide) groups is 1. The van der Waals surface area contributed by atoms with Crippen LogP contribution in [0.4, 0.5) is 5.69 Å². The topological polar surface area (TPSA) is 55.1 Å². The minimum absolute atomic E-state index is 0.0668. The first kappa shape index (κ1) is 12.3. The summed E-state index contributed by atoms with van der Waals surface area (Å²) in [6.07, 6.45) is 4.48. The predicted molar refractivity (Wildman–Crippen MR) is 73.4 cm³/mol. The van der Waals surface area contributed by atoms with Crippen molar-refractivity contribution in [2.45, 2.75) is 24.5 Å². The van der Waals surface area contributed by atoms with Gasteiger partial charge in [-0.3, -0.25) is 4.79 Å². The molecule has 0 spiro atoms. The molecule has 0 atom stereocenters. The number of nitrogens with two attached hydrogens (primary N) is 1. The maximum absolute atomic E-state index is 12.0. The van der Waals surface area contributed by atoms with Crippen LogP contribution >= 0.6 is 11.8 Å². The number of nitrogen functional groups attached to an aromatic ring is 1. The van der Waals surface area contributed by atoms with E-state index in [1.165, 1.54) is 12.8 Å². The summed E-state index contributed by atoms with van der Waals surface area (Å²) in [5.74, 6) is -0.0668. The van der Waals surface area contributed by atoms with Crippen LogP contribution in [-0.2, 0) is 0 Å². The van der Waals surface area contributed by atoms with Gasteiger partial charge in [0.1, 0.15) is 0 Å². The van der Waals surface area contributed by atoms with E-state index in [0.717, 1.165) is 12.1 Å². The van der Waals surface area contributed by atoms with Crippen LogP contribution in [0.15, 0.2) is 18.2 Å². The van der Waals surface area contributed by atoms with Gasteiger partial charge < -0.3 is 11.1 Å². The number of benzene rings is 1. The summed E-state index contributed by atoms with van der Waals surface area (Å²) in [6, 6.07) is 5.53. The quantitative estimate of drug-likeness (QED) is 0.806. The Morgan fingerprint density at radius 3 is 2.76 bits per heavy atom. The molecule has 4 heteroatoms. The van der Waals surface area contributed by atoms with Gasteiger partial charge in [-0.05, 0) is 43.7 Å². The van der Waals surface area contributed by atoms with E-state index in [4.69, 9.17) is 5.73 Å². The summed E-state index contributed by atoms with van der Waals surface area (Å²) in [5.41, 5.74) is 8.04. The lowest BCUT2D eigenvalue weighted by Crippen LogP contribution is -2.32. The fourth-order valence-electron chi connectivity index (χ4n) is 1.82. The van der Waals surface area contributed by atoms with Gasteiger partial charge in [0, 0.05) is 17.0 Å². The maximum Gasteiger partial charge on any atom is 0.253 e. The highest BCUT2D eigenvalue weighted by Crippen LogP contribution is 2.46. The summed E-state index contributed by atoms with van der Waals surface area (Å²) >= 11 is 1.84. The Balaban J connectivity index is 2.00. The van der Waals surface area contributed by atoms with Gasteiger partial charge in [-0.1, -0.05) is 6.07 Å². The fraction of sp³-hybridized carbons (Fsp3) is 0.462. The monoisotopic (exact) mass is 250 g/mol. The van der Waals surface area contributed by atoms with E-state index in [-0.39, 0.29) is 10.7 Å². The van der Waals surface area contributed by atoms with Crippen LogP contribution in [0.1, 0.15) is 28.8 Å². The van der Waals surface area contributed by atoms with E-state index in [0.29, 0.717) is 11.3 Å². The average molecular weight is 250 g/mol. The number of hydrogen-bond donors (Lipinski definition) is 2. The third kappa shape index (κ3) is 2.75. The number of hydrogen-bond acceptors (Lipinski definition) is 3. The molecular weight excluding hydrogens is 232 g/mol. The molecule has 1 saturated carbocycles. The molecule has 1 amide bonds. The van der Waals surface area contributed by atoms with Crippen molar-refractivity contribution in [2.24, 2.45) is 0 Å². The Labute approximate surface area is 106 Å². The lowest BCUT2D eigenvalue weighted by atomic mass is 10.1. The van der Waals surface area contributed by atoms with Crippen molar-refractivity contribution in [3.8, 4) is 0 Å². The minimum atomic E-state index is -0.0668. The van der Waals surface area contributed by atoms with E-state index in [2.05, 4.69) is 11.6 Å². The van der Waals surface area contributed by atoms with E-state index in [1.54, 1.807) is 6.07 Å². The molecule has 92 valence electrons. The molecule has 0 aromatic heterocycles. The first-order chi connectivity index (χ1) is 8.06. The summed E-state index contributed by atoms with van der Waals surface area (Å²) < 4.78 is 0.287. The molecule has 0 saturated heterocycles. The van der Waals surface area contributed by atoms with Crippen LogP contribution < -0.4 is 11.1 Å². The number of nitrogens with one attached hydrogen (secondary N) is 1. The SMILES string of the molecule is CSC1(CNC(=O)c2ccc(C)cc2N)CC1. The number of aryl methyl sites for hydroxylation is 1. The average Bonchev–Trinajstić information content (AvgIpc) is 3.07. The van der Waals surface area contributed by atoms with Gasteiger partial charge in [0.25, 0.3) is 5.91 Å². The summed E-state index contributed by atoms with van der Waals surface area (Å²) in [7, 11) is 0. The lowest BCUT2D eigenvalue weighted by Gasteiger charge is -2.14. The van der Waals surface area contributed by atoms with Crippen molar-refractivity contribution in [3.63, 3.8) is 0 Å². The third-order valence-corrected chi connectivity index (χ3v) is 4.68. The van der Waals surface area contributed by atoms with Crippen molar-refractivity contribution < 1.29 is 4.79 Å². The molecule has 3 nitrogen and oxygen atoms in total. The van der Waals surface area contributed by atoms with Crippen LogP contribution in [-0.4, -0.2) is 23.5 Å². The first-order valence-electron chi connectivity index (χ1n) is 5.76. The second-order valence-corrected chi connectivity index (χ2v) is 5.93. The van der Waals surface area contributed by atoms with Crippen molar-refractivity contribution in [2.75, 3.05) is 18.5 Å². The highest BCUT2D eigenvalue weighted by molar-refractivity contribution is 8.00. The highest BCUT2D eigenvalue weighted by Gasteiger charge is 2.41. The summed E-state index contributed by atoms with van der Waals surface area (Å²) in [6.45, 7) is 2.70. The molecule has 0 bridgehead atoms. The van der Waals surface area contributed by atoms with Crippen molar-refractivity contribution in [1.82, 2.24) is 5.32 Å². The smallest absolute Gasteiger partial charge is 0.253 e. The number of carbonyl (C=O) groups excluding carboxylic acids is 1. The normalized spacial score (nSPS) is 16.6. The van der Waals surface area contributed by atoms with Crippen LogP contribution in [0.25, 0.3) is 0 Å². The molecule has 0 heterocycles. The molecule has 0 aliphatic heterocycles. The number of carbonyl (C=O) groups is 1. The summed E-state index contributed by atoms with van der Waals surface area (Å²) in [4.78, 5) is 12.0. The van der Waals surface area contributed by atoms with E-state index >= 15 is 0 Å². The molecule has 3 N–H and O–H groups in total.